The molecular formula is C29H25NO6S2. The zero-order chi connectivity index (χ0) is 27.1. The summed E-state index contributed by atoms with van der Waals surface area (Å²) in [4.78, 5) is 25.1. The fraction of sp³-hybridized carbons (Fsp3) is 0.172. The molecular weight excluding hydrogens is 522 g/mol. The Kier molecular flexibility index (Phi) is 6.68. The van der Waals surface area contributed by atoms with Crippen LogP contribution in [0.15, 0.2) is 95.2 Å². The maximum absolute atomic E-state index is 14.1. The van der Waals surface area contributed by atoms with E-state index in [1.54, 1.807) is 47.7 Å². The number of benzene rings is 3. The van der Waals surface area contributed by atoms with Crippen LogP contribution in [-0.4, -0.2) is 40.4 Å². The lowest BCUT2D eigenvalue weighted by atomic mass is 10.1. The van der Waals surface area contributed by atoms with Gasteiger partial charge >= 0.3 is 11.9 Å². The number of carboxylic acids is 2. The summed E-state index contributed by atoms with van der Waals surface area (Å²) in [5.74, 6) is -2.85. The lowest BCUT2D eigenvalue weighted by Crippen LogP contribution is -2.48. The van der Waals surface area contributed by atoms with Crippen molar-refractivity contribution in [2.75, 3.05) is 0 Å². The number of carboxylic acid groups (broad SMARTS) is 2. The lowest BCUT2D eigenvalue weighted by molar-refractivity contribution is -0.143. The second kappa shape index (κ2) is 9.83. The summed E-state index contributed by atoms with van der Waals surface area (Å²) in [5.41, 5.74) is 1.62. The SMILES string of the molecule is Cc1csc(-c2ccc(S(=O)(=O)N(Cc3ccc(C(=O)O)cc3)[C@]3(C(=O)O)C[C@@H]3c3ccccc3)cc2)c1. The predicted octanol–water partition coefficient (Wildman–Crippen LogP) is 5.62. The minimum atomic E-state index is -4.26. The molecule has 7 nitrogen and oxygen atoms in total. The maximum atomic E-state index is 14.1. The van der Waals surface area contributed by atoms with Gasteiger partial charge in [0.25, 0.3) is 0 Å². The Balaban J connectivity index is 1.56. The highest BCUT2D eigenvalue weighted by atomic mass is 32.2. The third kappa shape index (κ3) is 4.64. The van der Waals surface area contributed by atoms with Gasteiger partial charge in [0, 0.05) is 17.3 Å². The van der Waals surface area contributed by atoms with Crippen molar-refractivity contribution in [3.05, 3.63) is 113 Å². The molecule has 0 spiro atoms. The number of rotatable bonds is 9. The van der Waals surface area contributed by atoms with Crippen LogP contribution in [0, 0.1) is 6.92 Å². The Hall–Kier alpha value is -3.79. The molecule has 9 heteroatoms. The van der Waals surface area contributed by atoms with E-state index >= 15 is 0 Å². The Labute approximate surface area is 224 Å². The average Bonchev–Trinajstić information content (AvgIpc) is 3.53. The van der Waals surface area contributed by atoms with Crippen LogP contribution in [0.5, 0.6) is 0 Å². The van der Waals surface area contributed by atoms with E-state index in [0.717, 1.165) is 25.9 Å². The van der Waals surface area contributed by atoms with Crippen LogP contribution in [0.3, 0.4) is 0 Å². The smallest absolute Gasteiger partial charge is 0.335 e. The fourth-order valence-corrected chi connectivity index (χ4v) is 7.48. The van der Waals surface area contributed by atoms with E-state index in [9.17, 15) is 28.2 Å². The van der Waals surface area contributed by atoms with Gasteiger partial charge in [-0.25, -0.2) is 13.2 Å². The lowest BCUT2D eigenvalue weighted by Gasteiger charge is -2.30. The van der Waals surface area contributed by atoms with Crippen LogP contribution in [0.25, 0.3) is 10.4 Å². The van der Waals surface area contributed by atoms with Crippen LogP contribution in [0.2, 0.25) is 0 Å². The maximum Gasteiger partial charge on any atom is 0.335 e. The minimum absolute atomic E-state index is 0.00368. The molecule has 0 amide bonds. The number of hydrogen-bond donors (Lipinski definition) is 2. The van der Waals surface area contributed by atoms with Crippen molar-refractivity contribution in [1.82, 2.24) is 4.31 Å². The summed E-state index contributed by atoms with van der Waals surface area (Å²) in [7, 11) is -4.26. The molecule has 38 heavy (non-hydrogen) atoms. The largest absolute Gasteiger partial charge is 0.480 e. The number of carbonyl (C=O) groups is 2. The van der Waals surface area contributed by atoms with Gasteiger partial charge in [0.2, 0.25) is 10.0 Å². The van der Waals surface area contributed by atoms with Crippen LogP contribution in [0.1, 0.15) is 39.4 Å². The molecule has 1 fully saturated rings. The van der Waals surface area contributed by atoms with Crippen molar-refractivity contribution in [1.29, 1.82) is 0 Å². The Morgan fingerprint density at radius 1 is 0.974 bits per heavy atom. The predicted molar refractivity (Wildman–Crippen MR) is 145 cm³/mol. The van der Waals surface area contributed by atoms with Crippen LogP contribution < -0.4 is 0 Å². The molecule has 4 aromatic rings. The standard InChI is InChI=1S/C29H25NO6S2/c1-19-15-26(37-18-19)22-11-13-24(14-12-22)38(35,36)30(17-20-7-9-23(10-8-20)27(31)32)29(28(33)34)16-25(29)21-5-3-2-4-6-21/h2-15,18,25H,16-17H2,1H3,(H,31,32)(H,33,34)/t25-,29-/m1/s1. The van der Waals surface area contributed by atoms with E-state index in [4.69, 9.17) is 0 Å². The van der Waals surface area contributed by atoms with Crippen molar-refractivity contribution in [3.63, 3.8) is 0 Å². The summed E-state index contributed by atoms with van der Waals surface area (Å²) < 4.78 is 29.3. The van der Waals surface area contributed by atoms with Crippen molar-refractivity contribution in [2.24, 2.45) is 0 Å². The number of sulfonamides is 1. The first-order valence-electron chi connectivity index (χ1n) is 11.9. The molecule has 2 atom stereocenters. The first-order valence-corrected chi connectivity index (χ1v) is 14.2. The van der Waals surface area contributed by atoms with Gasteiger partial charge in [-0.05, 0) is 71.3 Å². The van der Waals surface area contributed by atoms with Crippen LogP contribution >= 0.6 is 11.3 Å². The molecule has 3 aromatic carbocycles. The van der Waals surface area contributed by atoms with Gasteiger partial charge in [-0.3, -0.25) is 4.79 Å². The monoisotopic (exact) mass is 547 g/mol. The Morgan fingerprint density at radius 2 is 1.63 bits per heavy atom. The van der Waals surface area contributed by atoms with Crippen LogP contribution in [0.4, 0.5) is 0 Å². The number of hydrogen-bond acceptors (Lipinski definition) is 5. The topological polar surface area (TPSA) is 112 Å². The van der Waals surface area contributed by atoms with Gasteiger partial charge in [-0.2, -0.15) is 4.31 Å². The molecule has 5 rings (SSSR count). The normalized spacial score (nSPS) is 18.8. The van der Waals surface area contributed by atoms with Gasteiger partial charge in [0.05, 0.1) is 10.5 Å². The summed E-state index contributed by atoms with van der Waals surface area (Å²) >= 11 is 1.56. The highest BCUT2D eigenvalue weighted by molar-refractivity contribution is 7.89. The summed E-state index contributed by atoms with van der Waals surface area (Å²) in [6.07, 6.45) is 0.130. The van der Waals surface area contributed by atoms with E-state index in [1.807, 2.05) is 24.4 Å². The zero-order valence-electron chi connectivity index (χ0n) is 20.4. The third-order valence-electron chi connectivity index (χ3n) is 6.93. The Morgan fingerprint density at radius 3 is 2.18 bits per heavy atom. The van der Waals surface area contributed by atoms with E-state index in [1.165, 1.54) is 36.4 Å². The van der Waals surface area contributed by atoms with Gasteiger partial charge in [-0.15, -0.1) is 11.3 Å². The van der Waals surface area contributed by atoms with E-state index in [0.29, 0.717) is 5.56 Å². The molecule has 0 unspecified atom stereocenters. The highest BCUT2D eigenvalue weighted by Crippen LogP contribution is 2.57. The number of thiophene rings is 1. The summed E-state index contributed by atoms with van der Waals surface area (Å²) in [6.45, 7) is 1.77. The first kappa shape index (κ1) is 25.8. The highest BCUT2D eigenvalue weighted by Gasteiger charge is 2.67. The molecule has 1 aliphatic rings. The number of aliphatic carboxylic acids is 1. The third-order valence-corrected chi connectivity index (χ3v) is 9.93. The molecule has 1 aromatic heterocycles. The molecule has 1 saturated carbocycles. The quantitative estimate of drug-likeness (QED) is 0.281. The molecule has 2 N–H and O–H groups in total. The van der Waals surface area contributed by atoms with E-state index in [-0.39, 0.29) is 23.4 Å². The molecule has 194 valence electrons. The zero-order valence-corrected chi connectivity index (χ0v) is 22.1. The second-order valence-corrected chi connectivity index (χ2v) is 12.2. The number of aryl methyl sites for hydroxylation is 1. The summed E-state index contributed by atoms with van der Waals surface area (Å²) in [6, 6.07) is 23.3. The van der Waals surface area contributed by atoms with Gasteiger partial charge in [-0.1, -0.05) is 54.6 Å². The molecule has 1 aliphatic carbocycles. The first-order chi connectivity index (χ1) is 18.1. The fourth-order valence-electron chi connectivity index (χ4n) is 4.81. The van der Waals surface area contributed by atoms with Gasteiger partial charge < -0.3 is 10.2 Å². The molecule has 0 radical (unpaired) electrons. The van der Waals surface area contributed by atoms with Crippen molar-refractivity contribution >= 4 is 33.3 Å². The molecule has 1 heterocycles. The van der Waals surface area contributed by atoms with E-state index in [2.05, 4.69) is 0 Å². The Bertz CT molecular complexity index is 1600. The second-order valence-electron chi connectivity index (χ2n) is 9.42. The van der Waals surface area contributed by atoms with Gasteiger partial charge in [0.1, 0.15) is 5.54 Å². The van der Waals surface area contributed by atoms with Crippen molar-refractivity contribution < 1.29 is 28.2 Å². The molecule has 0 aliphatic heterocycles. The van der Waals surface area contributed by atoms with E-state index < -0.39 is 33.4 Å². The van der Waals surface area contributed by atoms with Crippen molar-refractivity contribution in [3.8, 4) is 10.4 Å². The molecule has 0 saturated heterocycles. The number of nitrogens with zero attached hydrogens (tertiary/aromatic N) is 1. The average molecular weight is 548 g/mol. The van der Waals surface area contributed by atoms with Crippen molar-refractivity contribution in [2.45, 2.75) is 36.2 Å². The summed E-state index contributed by atoms with van der Waals surface area (Å²) in [5, 5.41) is 21.7. The molecule has 0 bridgehead atoms. The van der Waals surface area contributed by atoms with Crippen LogP contribution in [-0.2, 0) is 21.4 Å². The number of aromatic carboxylic acids is 1. The van der Waals surface area contributed by atoms with Gasteiger partial charge in [0.15, 0.2) is 0 Å². The minimum Gasteiger partial charge on any atom is -0.480 e.